The van der Waals surface area contributed by atoms with Crippen LogP contribution in [-0.4, -0.2) is 46.7 Å². The fourth-order valence-electron chi connectivity index (χ4n) is 2.90. The molecule has 0 bridgehead atoms. The van der Waals surface area contributed by atoms with Crippen LogP contribution < -0.4 is 0 Å². The number of carboxylic acid groups (broad SMARTS) is 1. The van der Waals surface area contributed by atoms with Crippen molar-refractivity contribution in [1.29, 1.82) is 0 Å². The normalized spacial score (nSPS) is 14.1. The van der Waals surface area contributed by atoms with Crippen molar-refractivity contribution in [3.05, 3.63) is 82.0 Å². The molecular weight excluding hydrogens is 555 g/mol. The Hall–Kier alpha value is -2.47. The van der Waals surface area contributed by atoms with Crippen molar-refractivity contribution in [2.45, 2.75) is 50.6 Å². The minimum absolute atomic E-state index is 0.350. The Morgan fingerprint density at radius 3 is 2.21 bits per heavy atom. The molecule has 0 radical (unpaired) electrons. The number of alkyl halides is 3. The Balaban J connectivity index is 0.000000382. The number of hydrogen-bond donors (Lipinski definition) is 2. The van der Waals surface area contributed by atoms with Gasteiger partial charge in [0, 0.05) is 11.0 Å². The first kappa shape index (κ1) is 33.6. The van der Waals surface area contributed by atoms with Crippen LogP contribution in [0.15, 0.2) is 75.3 Å². The summed E-state index contributed by atoms with van der Waals surface area (Å²) in [6, 6.07) is 11.7. The molecule has 1 aromatic carbocycles. The molecule has 2 N–H and O–H groups in total. The van der Waals surface area contributed by atoms with Crippen LogP contribution >= 0.6 is 34.9 Å². The maximum Gasteiger partial charge on any atom is 0.451 e. The summed E-state index contributed by atoms with van der Waals surface area (Å²) in [6.07, 6.45) is 3.56. The molecule has 2 aromatic rings. The summed E-state index contributed by atoms with van der Waals surface area (Å²) in [5.74, 6) is -2.05. The SMILES string of the molecule is C/C=C(\O/N=C(\C)c1ccc(SC)s1)C(F)(F)F.CS/C(=C\C(C)=C\C(=O)O)c1ccc(CC(C)O)cc1. The number of allylic oxidation sites excluding steroid dienone is 4. The Morgan fingerprint density at radius 2 is 1.76 bits per heavy atom. The van der Waals surface area contributed by atoms with Gasteiger partial charge in [0.25, 0.3) is 0 Å². The van der Waals surface area contributed by atoms with Gasteiger partial charge in [0.15, 0.2) is 0 Å². The number of carbonyl (C=O) groups is 1. The van der Waals surface area contributed by atoms with Crippen LogP contribution in [0, 0.1) is 0 Å². The van der Waals surface area contributed by atoms with Gasteiger partial charge in [-0.1, -0.05) is 29.4 Å². The van der Waals surface area contributed by atoms with E-state index in [4.69, 9.17) is 5.11 Å². The maximum atomic E-state index is 12.4. The number of rotatable bonds is 10. The van der Waals surface area contributed by atoms with E-state index in [2.05, 4.69) is 9.99 Å². The lowest BCUT2D eigenvalue weighted by Crippen LogP contribution is -2.13. The highest BCUT2D eigenvalue weighted by molar-refractivity contribution is 8.07. The summed E-state index contributed by atoms with van der Waals surface area (Å²) >= 11 is 4.61. The zero-order valence-corrected chi connectivity index (χ0v) is 24.4. The lowest BCUT2D eigenvalue weighted by atomic mass is 10.1. The van der Waals surface area contributed by atoms with Crippen molar-refractivity contribution in [3.63, 3.8) is 0 Å². The van der Waals surface area contributed by atoms with E-state index in [1.807, 2.05) is 55.0 Å². The number of hydrogen-bond acceptors (Lipinski definition) is 7. The van der Waals surface area contributed by atoms with Crippen molar-refractivity contribution >= 4 is 51.4 Å². The molecule has 11 heteroatoms. The third-order valence-electron chi connectivity index (χ3n) is 4.66. The zero-order chi connectivity index (χ0) is 28.9. The minimum atomic E-state index is -4.52. The van der Waals surface area contributed by atoms with E-state index in [0.29, 0.717) is 17.7 Å². The Bertz CT molecular complexity index is 1160. The van der Waals surface area contributed by atoms with E-state index in [1.165, 1.54) is 24.3 Å². The molecule has 0 saturated heterocycles. The standard InChI is InChI=1S/C16H20O3S.C11H12F3NOS2/c1-11(9-16(18)19)8-15(20-3)14-6-4-13(5-7-14)10-12(2)17;1-4-9(11(12,13)14)16-15-7(2)8-5-6-10(17-3)18-8/h4-9,12,17H,10H2,1-3H3,(H,18,19);4-6H,1-3H3/b11-9+,15-8-;9-4-,15-7+. The Morgan fingerprint density at radius 1 is 1.13 bits per heavy atom. The van der Waals surface area contributed by atoms with E-state index in [1.54, 1.807) is 44.3 Å². The van der Waals surface area contributed by atoms with E-state index >= 15 is 0 Å². The molecule has 0 aliphatic heterocycles. The molecule has 0 spiro atoms. The second kappa shape index (κ2) is 16.5. The van der Waals surface area contributed by atoms with Crippen LogP contribution in [0.1, 0.15) is 43.7 Å². The molecule has 0 fully saturated rings. The zero-order valence-electron chi connectivity index (χ0n) is 22.0. The van der Waals surface area contributed by atoms with Crippen molar-refractivity contribution in [2.75, 3.05) is 12.5 Å². The molecule has 0 amide bonds. The van der Waals surface area contributed by atoms with Gasteiger partial charge < -0.3 is 15.1 Å². The smallest absolute Gasteiger partial charge is 0.451 e. The largest absolute Gasteiger partial charge is 0.478 e. The highest BCUT2D eigenvalue weighted by Crippen LogP contribution is 2.29. The number of oxime groups is 1. The first-order valence-electron chi connectivity index (χ1n) is 11.3. The quantitative estimate of drug-likeness (QED) is 0.0732. The predicted molar refractivity (Wildman–Crippen MR) is 154 cm³/mol. The van der Waals surface area contributed by atoms with Gasteiger partial charge >= 0.3 is 12.1 Å². The number of aliphatic hydroxyl groups excluding tert-OH is 1. The van der Waals surface area contributed by atoms with E-state index in [-0.39, 0.29) is 6.10 Å². The number of aliphatic hydroxyl groups is 1. The number of thiophene rings is 1. The van der Waals surface area contributed by atoms with Crippen LogP contribution in [0.4, 0.5) is 13.2 Å². The highest BCUT2D eigenvalue weighted by Gasteiger charge is 2.36. The van der Waals surface area contributed by atoms with Gasteiger partial charge in [0.2, 0.25) is 5.76 Å². The van der Waals surface area contributed by atoms with Gasteiger partial charge in [-0.05, 0) is 87.6 Å². The van der Waals surface area contributed by atoms with Crippen LogP contribution in [0.5, 0.6) is 0 Å². The monoisotopic (exact) mass is 587 g/mol. The van der Waals surface area contributed by atoms with Gasteiger partial charge in [0.1, 0.15) is 0 Å². The fourth-order valence-corrected chi connectivity index (χ4v) is 5.06. The molecule has 0 aliphatic rings. The molecule has 1 heterocycles. The Labute approximate surface area is 234 Å². The number of carboxylic acids is 1. The predicted octanol–water partition coefficient (Wildman–Crippen LogP) is 8.02. The second-order valence-corrected chi connectivity index (χ2v) is 11.0. The molecule has 0 saturated carbocycles. The molecule has 1 atom stereocenters. The summed E-state index contributed by atoms with van der Waals surface area (Å²) in [7, 11) is 0. The van der Waals surface area contributed by atoms with Gasteiger partial charge in [-0.3, -0.25) is 0 Å². The summed E-state index contributed by atoms with van der Waals surface area (Å²) in [6.45, 7) is 6.40. The molecule has 1 unspecified atom stereocenters. The molecule has 38 heavy (non-hydrogen) atoms. The fraction of sp³-hybridized carbons (Fsp3) is 0.333. The first-order chi connectivity index (χ1) is 17.8. The second-order valence-electron chi connectivity index (χ2n) is 7.93. The van der Waals surface area contributed by atoms with Gasteiger partial charge in [-0.15, -0.1) is 34.9 Å². The van der Waals surface area contributed by atoms with Gasteiger partial charge in [0.05, 0.1) is 20.9 Å². The van der Waals surface area contributed by atoms with Crippen molar-refractivity contribution in [2.24, 2.45) is 5.16 Å². The van der Waals surface area contributed by atoms with E-state index in [9.17, 15) is 23.1 Å². The lowest BCUT2D eigenvalue weighted by Gasteiger charge is -2.08. The number of halogens is 3. The van der Waals surface area contributed by atoms with Crippen molar-refractivity contribution in [1.82, 2.24) is 0 Å². The van der Waals surface area contributed by atoms with Gasteiger partial charge in [-0.25, -0.2) is 4.79 Å². The first-order valence-corrected chi connectivity index (χ1v) is 14.6. The average molecular weight is 588 g/mol. The molecule has 1 aromatic heterocycles. The summed E-state index contributed by atoms with van der Waals surface area (Å²) in [5.41, 5.74) is 3.26. The summed E-state index contributed by atoms with van der Waals surface area (Å²) < 4.78 is 38.2. The minimum Gasteiger partial charge on any atom is -0.478 e. The number of nitrogens with zero attached hydrogens (tertiary/aromatic N) is 1. The molecule has 0 aliphatic carbocycles. The number of thioether (sulfide) groups is 2. The third-order valence-corrected chi connectivity index (χ3v) is 7.73. The van der Waals surface area contributed by atoms with Crippen LogP contribution in [0.2, 0.25) is 0 Å². The summed E-state index contributed by atoms with van der Waals surface area (Å²) in [4.78, 5) is 16.9. The van der Waals surface area contributed by atoms with Crippen molar-refractivity contribution < 1.29 is 33.0 Å². The summed E-state index contributed by atoms with van der Waals surface area (Å²) in [5, 5.41) is 21.6. The Kier molecular flexibility index (Phi) is 14.6. The third kappa shape index (κ3) is 12.4. The maximum absolute atomic E-state index is 12.4. The lowest BCUT2D eigenvalue weighted by molar-refractivity contribution is -0.132. The van der Waals surface area contributed by atoms with E-state index in [0.717, 1.165) is 31.2 Å². The van der Waals surface area contributed by atoms with Crippen LogP contribution in [-0.2, 0) is 16.1 Å². The number of benzene rings is 1. The van der Waals surface area contributed by atoms with Crippen molar-refractivity contribution in [3.8, 4) is 0 Å². The average Bonchev–Trinajstić information content (AvgIpc) is 3.32. The molecule has 208 valence electrons. The number of aliphatic carboxylic acids is 1. The van der Waals surface area contributed by atoms with Crippen LogP contribution in [0.3, 0.4) is 0 Å². The van der Waals surface area contributed by atoms with Crippen LogP contribution in [0.25, 0.3) is 4.91 Å². The van der Waals surface area contributed by atoms with E-state index < -0.39 is 17.9 Å². The highest BCUT2D eigenvalue weighted by atomic mass is 32.2. The van der Waals surface area contributed by atoms with Gasteiger partial charge in [-0.2, -0.15) is 13.2 Å². The molecule has 2 rings (SSSR count). The molecule has 5 nitrogen and oxygen atoms in total. The molecular formula is C27H32F3NO4S3. The topological polar surface area (TPSA) is 79.1 Å².